The van der Waals surface area contributed by atoms with E-state index in [1.54, 1.807) is 6.92 Å². The largest absolute Gasteiger partial charge is 0.479 e. The summed E-state index contributed by atoms with van der Waals surface area (Å²) < 4.78 is 5.18. The van der Waals surface area contributed by atoms with E-state index in [1.807, 2.05) is 0 Å². The van der Waals surface area contributed by atoms with Crippen molar-refractivity contribution >= 4 is 11.9 Å². The average molecular weight is 232 g/mol. The van der Waals surface area contributed by atoms with Gasteiger partial charge in [0.1, 0.15) is 0 Å². The lowest BCUT2D eigenvalue weighted by Crippen LogP contribution is -2.51. The summed E-state index contributed by atoms with van der Waals surface area (Å²) in [5.74, 6) is -3.04. The zero-order chi connectivity index (χ0) is 12.7. The third-order valence-corrected chi connectivity index (χ3v) is 3.41. The molecule has 1 aliphatic heterocycles. The van der Waals surface area contributed by atoms with E-state index >= 15 is 0 Å². The van der Waals surface area contributed by atoms with Crippen LogP contribution in [0, 0.1) is 5.92 Å². The molecule has 0 saturated carbocycles. The van der Waals surface area contributed by atoms with Gasteiger partial charge in [0.25, 0.3) is 0 Å². The lowest BCUT2D eigenvalue weighted by atomic mass is 9.85. The highest BCUT2D eigenvalue weighted by Crippen LogP contribution is 2.44. The Bertz CT molecular complexity index is 325. The van der Waals surface area contributed by atoms with Crippen LogP contribution in [0.2, 0.25) is 0 Å². The molecule has 1 rings (SSSR count). The van der Waals surface area contributed by atoms with Crippen molar-refractivity contribution in [1.29, 1.82) is 0 Å². The normalized spacial score (nSPS) is 40.6. The molecule has 1 aliphatic rings. The Morgan fingerprint density at radius 1 is 1.38 bits per heavy atom. The molecule has 1 saturated heterocycles. The van der Waals surface area contributed by atoms with Crippen molar-refractivity contribution < 1.29 is 29.6 Å². The Morgan fingerprint density at radius 2 is 1.88 bits per heavy atom. The van der Waals surface area contributed by atoms with Crippen molar-refractivity contribution in [2.24, 2.45) is 5.92 Å². The summed E-state index contributed by atoms with van der Waals surface area (Å²) in [5, 5.41) is 27.6. The molecule has 0 radical (unpaired) electrons. The van der Waals surface area contributed by atoms with Crippen molar-refractivity contribution in [3.05, 3.63) is 0 Å². The third-order valence-electron chi connectivity index (χ3n) is 3.41. The number of aliphatic carboxylic acids is 2. The second kappa shape index (κ2) is 3.71. The monoisotopic (exact) mass is 232 g/mol. The van der Waals surface area contributed by atoms with Crippen molar-refractivity contribution in [2.75, 3.05) is 0 Å². The van der Waals surface area contributed by atoms with E-state index in [1.165, 1.54) is 13.8 Å². The lowest BCUT2D eigenvalue weighted by molar-refractivity contribution is -0.199. The van der Waals surface area contributed by atoms with Crippen LogP contribution < -0.4 is 0 Å². The van der Waals surface area contributed by atoms with E-state index in [9.17, 15) is 14.7 Å². The number of carbonyl (C=O) groups is 2. The number of aliphatic hydroxyl groups excluding tert-OH is 1. The van der Waals surface area contributed by atoms with Crippen molar-refractivity contribution in [2.45, 2.75) is 44.5 Å². The number of hydrogen-bond donors (Lipinski definition) is 3. The maximum atomic E-state index is 11.1. The zero-order valence-corrected chi connectivity index (χ0v) is 9.43. The summed E-state index contributed by atoms with van der Waals surface area (Å²) >= 11 is 0. The maximum absolute atomic E-state index is 11.1. The Balaban J connectivity index is 3.14. The number of rotatable bonds is 3. The molecular formula is C10H16O6. The summed E-state index contributed by atoms with van der Waals surface area (Å²) in [6, 6.07) is 0. The molecule has 0 spiro atoms. The quantitative estimate of drug-likeness (QED) is 0.637. The highest BCUT2D eigenvalue weighted by molar-refractivity contribution is 5.83. The van der Waals surface area contributed by atoms with Gasteiger partial charge in [-0.25, -0.2) is 9.59 Å². The van der Waals surface area contributed by atoms with Crippen LogP contribution >= 0.6 is 0 Å². The van der Waals surface area contributed by atoms with Crippen LogP contribution in [0.4, 0.5) is 0 Å². The fraction of sp³-hybridized carbons (Fsp3) is 0.800. The Morgan fingerprint density at radius 3 is 2.06 bits per heavy atom. The minimum Gasteiger partial charge on any atom is -0.479 e. The minimum atomic E-state index is -1.83. The molecule has 0 unspecified atom stereocenters. The maximum Gasteiger partial charge on any atom is 0.338 e. The van der Waals surface area contributed by atoms with Gasteiger partial charge < -0.3 is 20.1 Å². The fourth-order valence-electron chi connectivity index (χ4n) is 1.99. The van der Waals surface area contributed by atoms with Gasteiger partial charge >= 0.3 is 11.9 Å². The van der Waals surface area contributed by atoms with Crippen LogP contribution in [0.1, 0.15) is 27.2 Å². The predicted molar refractivity (Wildman–Crippen MR) is 53.0 cm³/mol. The summed E-state index contributed by atoms with van der Waals surface area (Å²) in [4.78, 5) is 22.2. The first-order valence-electron chi connectivity index (χ1n) is 5.02. The van der Waals surface area contributed by atoms with Crippen molar-refractivity contribution in [3.8, 4) is 0 Å². The highest BCUT2D eigenvalue weighted by atomic mass is 16.6. The van der Waals surface area contributed by atoms with E-state index in [-0.39, 0.29) is 6.42 Å². The average Bonchev–Trinajstić information content (AvgIpc) is 2.42. The SMILES string of the molecule is C[C@@H]1C[C@](C(=O)O)([C@H](C)O)O[C@@]1(C)C(=O)O. The summed E-state index contributed by atoms with van der Waals surface area (Å²) in [6.07, 6.45) is -1.29. The standard InChI is InChI=1S/C10H16O6/c1-5-4-10(6(2)11,8(14)15)16-9(5,3)7(12)13/h5-6,11H,4H2,1-3H3,(H,12,13)(H,14,15)/t5-,6+,9-,10-/m1/s1. The van der Waals surface area contributed by atoms with Gasteiger partial charge in [0.15, 0.2) is 11.2 Å². The summed E-state index contributed by atoms with van der Waals surface area (Å²) in [5.41, 5.74) is -3.40. The fourth-order valence-corrected chi connectivity index (χ4v) is 1.99. The van der Waals surface area contributed by atoms with Crippen LogP contribution in [-0.4, -0.2) is 44.6 Å². The second-order valence-electron chi connectivity index (χ2n) is 4.49. The molecule has 0 aromatic rings. The molecule has 4 atom stereocenters. The number of carboxylic acids is 2. The molecule has 0 bridgehead atoms. The van der Waals surface area contributed by atoms with Crippen LogP contribution in [0.15, 0.2) is 0 Å². The van der Waals surface area contributed by atoms with E-state index in [0.717, 1.165) is 0 Å². The van der Waals surface area contributed by atoms with Gasteiger partial charge in [-0.3, -0.25) is 0 Å². The number of hydrogen-bond acceptors (Lipinski definition) is 4. The second-order valence-corrected chi connectivity index (χ2v) is 4.49. The molecule has 6 nitrogen and oxygen atoms in total. The van der Waals surface area contributed by atoms with Gasteiger partial charge in [0.2, 0.25) is 0 Å². The van der Waals surface area contributed by atoms with Gasteiger partial charge in [-0.1, -0.05) is 6.92 Å². The molecule has 3 N–H and O–H groups in total. The molecule has 92 valence electrons. The van der Waals surface area contributed by atoms with Gasteiger partial charge in [-0.2, -0.15) is 0 Å². The Hall–Kier alpha value is -1.14. The van der Waals surface area contributed by atoms with Crippen molar-refractivity contribution in [1.82, 2.24) is 0 Å². The smallest absolute Gasteiger partial charge is 0.338 e. The summed E-state index contributed by atoms with van der Waals surface area (Å²) in [6.45, 7) is 4.21. The first kappa shape index (κ1) is 12.9. The van der Waals surface area contributed by atoms with Gasteiger partial charge in [-0.15, -0.1) is 0 Å². The Labute approximate surface area is 92.8 Å². The molecule has 1 heterocycles. The minimum absolute atomic E-state index is 0.0250. The van der Waals surface area contributed by atoms with Crippen molar-refractivity contribution in [3.63, 3.8) is 0 Å². The molecule has 16 heavy (non-hydrogen) atoms. The van der Waals surface area contributed by atoms with E-state index in [4.69, 9.17) is 14.9 Å². The third kappa shape index (κ3) is 1.58. The van der Waals surface area contributed by atoms with Crippen LogP contribution in [-0.2, 0) is 14.3 Å². The first-order valence-corrected chi connectivity index (χ1v) is 5.02. The zero-order valence-electron chi connectivity index (χ0n) is 9.43. The number of aliphatic hydroxyl groups is 1. The number of ether oxygens (including phenoxy) is 1. The molecular weight excluding hydrogens is 216 g/mol. The van der Waals surface area contributed by atoms with E-state index < -0.39 is 35.2 Å². The molecule has 6 heteroatoms. The van der Waals surface area contributed by atoms with Gasteiger partial charge in [-0.05, 0) is 26.2 Å². The lowest BCUT2D eigenvalue weighted by Gasteiger charge is -2.30. The van der Waals surface area contributed by atoms with E-state index in [0.29, 0.717) is 0 Å². The number of carboxylic acid groups (broad SMARTS) is 2. The van der Waals surface area contributed by atoms with E-state index in [2.05, 4.69) is 0 Å². The van der Waals surface area contributed by atoms with Crippen LogP contribution in [0.3, 0.4) is 0 Å². The molecule has 0 aliphatic carbocycles. The Kier molecular flexibility index (Phi) is 3.00. The highest BCUT2D eigenvalue weighted by Gasteiger charge is 2.61. The van der Waals surface area contributed by atoms with Crippen LogP contribution in [0.25, 0.3) is 0 Å². The van der Waals surface area contributed by atoms with Gasteiger partial charge in [0, 0.05) is 0 Å². The van der Waals surface area contributed by atoms with Gasteiger partial charge in [0.05, 0.1) is 6.10 Å². The first-order chi connectivity index (χ1) is 7.17. The molecule has 1 fully saturated rings. The molecule has 0 aromatic heterocycles. The molecule has 0 aromatic carbocycles. The summed E-state index contributed by atoms with van der Waals surface area (Å²) in [7, 11) is 0. The topological polar surface area (TPSA) is 104 Å². The van der Waals surface area contributed by atoms with Crippen LogP contribution in [0.5, 0.6) is 0 Å². The predicted octanol–water partition coefficient (Wildman–Crippen LogP) is 0.0903. The molecule has 0 amide bonds.